The van der Waals surface area contributed by atoms with E-state index in [0.717, 1.165) is 15.8 Å². The van der Waals surface area contributed by atoms with E-state index in [1.54, 1.807) is 11.8 Å². The number of anilines is 3. The van der Waals surface area contributed by atoms with Crippen LogP contribution in [0.3, 0.4) is 0 Å². The fourth-order valence-corrected chi connectivity index (χ4v) is 7.34. The van der Waals surface area contributed by atoms with Gasteiger partial charge in [-0.1, -0.05) is 11.6 Å². The highest BCUT2D eigenvalue weighted by atomic mass is 35.5. The number of amides is 1. The lowest BCUT2D eigenvalue weighted by molar-refractivity contribution is 0.102. The molecule has 39 heavy (non-hydrogen) atoms. The van der Waals surface area contributed by atoms with Crippen LogP contribution in [0.25, 0.3) is 0 Å². The molecular weight excluding hydrogens is 586 g/mol. The average molecular weight is 612 g/mol. The molecule has 208 valence electrons. The Morgan fingerprint density at radius 3 is 2.13 bits per heavy atom. The molecule has 4 rings (SSSR count). The van der Waals surface area contributed by atoms with E-state index in [-0.39, 0.29) is 33.3 Å². The minimum absolute atomic E-state index is 0.0192. The van der Waals surface area contributed by atoms with Gasteiger partial charge in [0.25, 0.3) is 5.91 Å². The topological polar surface area (TPSA) is 122 Å². The van der Waals surface area contributed by atoms with E-state index in [1.165, 1.54) is 79.2 Å². The molecule has 1 amide bonds. The van der Waals surface area contributed by atoms with E-state index >= 15 is 0 Å². The Morgan fingerprint density at radius 2 is 1.56 bits per heavy atom. The van der Waals surface area contributed by atoms with E-state index in [0.29, 0.717) is 23.8 Å². The van der Waals surface area contributed by atoms with Crippen LogP contribution in [0.15, 0.2) is 65.6 Å². The van der Waals surface area contributed by atoms with Crippen LogP contribution in [0.1, 0.15) is 10.4 Å². The summed E-state index contributed by atoms with van der Waals surface area (Å²) in [6.45, 7) is 0.888. The number of hydrogen-bond acceptors (Lipinski definition) is 8. The zero-order valence-corrected chi connectivity index (χ0v) is 24.3. The number of thioether (sulfide) groups is 1. The first kappa shape index (κ1) is 29.0. The first-order valence-electron chi connectivity index (χ1n) is 11.6. The number of carbonyl (C=O) groups excluding carboxylic acids is 1. The molecule has 1 heterocycles. The number of hydrogen-bond donors (Lipinski definition) is 2. The third-order valence-corrected chi connectivity index (χ3v) is 9.81. The lowest BCUT2D eigenvalue weighted by Gasteiger charge is -2.25. The predicted octanol–water partition coefficient (Wildman–Crippen LogP) is 4.01. The van der Waals surface area contributed by atoms with Gasteiger partial charge in [0.15, 0.2) is 11.5 Å². The molecule has 0 radical (unpaired) electrons. The van der Waals surface area contributed by atoms with Gasteiger partial charge in [0.1, 0.15) is 0 Å². The van der Waals surface area contributed by atoms with Crippen LogP contribution in [0.4, 0.5) is 17.1 Å². The zero-order valence-electron chi connectivity index (χ0n) is 21.0. The van der Waals surface area contributed by atoms with Gasteiger partial charge in [-0.15, -0.1) is 0 Å². The maximum Gasteiger partial charge on any atom is 0.257 e. The highest BCUT2D eigenvalue weighted by molar-refractivity contribution is 7.99. The smallest absolute Gasteiger partial charge is 0.257 e. The molecule has 3 aromatic rings. The summed E-state index contributed by atoms with van der Waals surface area (Å²) in [5, 5.41) is 3.12. The molecule has 0 atom stereocenters. The summed E-state index contributed by atoms with van der Waals surface area (Å²) in [5.41, 5.74) is 0.566. The van der Waals surface area contributed by atoms with Crippen molar-refractivity contribution >= 4 is 67.2 Å². The Balaban J connectivity index is 1.69. The second-order valence-electron chi connectivity index (χ2n) is 8.25. The number of methoxy groups -OCH3 is 2. The normalized spacial score (nSPS) is 14.2. The molecule has 1 aliphatic heterocycles. The Labute approximate surface area is 238 Å². The van der Waals surface area contributed by atoms with Crippen molar-refractivity contribution in [1.29, 1.82) is 0 Å². The van der Waals surface area contributed by atoms with Gasteiger partial charge in [-0.25, -0.2) is 21.1 Å². The lowest BCUT2D eigenvalue weighted by atomic mass is 10.1. The molecular formula is C25H26ClN3O7S3. The number of nitrogens with zero attached hydrogens (tertiary/aromatic N) is 2. The predicted molar refractivity (Wildman–Crippen MR) is 154 cm³/mol. The van der Waals surface area contributed by atoms with Gasteiger partial charge >= 0.3 is 0 Å². The Morgan fingerprint density at radius 1 is 0.974 bits per heavy atom. The molecule has 10 nitrogen and oxygen atoms in total. The van der Waals surface area contributed by atoms with E-state index in [9.17, 15) is 21.6 Å². The van der Waals surface area contributed by atoms with E-state index in [1.807, 2.05) is 0 Å². The molecule has 0 bridgehead atoms. The van der Waals surface area contributed by atoms with Gasteiger partial charge in [-0.3, -0.25) is 4.79 Å². The summed E-state index contributed by atoms with van der Waals surface area (Å²) < 4.78 is 63.8. The number of ether oxygens (including phenoxy) is 2. The third-order valence-electron chi connectivity index (χ3n) is 5.93. The number of nitrogens with one attached hydrogen (secondary N) is 1. The van der Waals surface area contributed by atoms with E-state index in [2.05, 4.69) is 5.32 Å². The van der Waals surface area contributed by atoms with Crippen molar-refractivity contribution in [1.82, 2.24) is 4.31 Å². The number of rotatable bonds is 9. The minimum atomic E-state index is -3.64. The lowest BCUT2D eigenvalue weighted by Crippen LogP contribution is -2.37. The van der Waals surface area contributed by atoms with Crippen LogP contribution in [-0.2, 0) is 20.9 Å². The van der Waals surface area contributed by atoms with Crippen LogP contribution >= 0.6 is 23.4 Å². The van der Waals surface area contributed by atoms with Crippen molar-refractivity contribution in [2.75, 3.05) is 48.4 Å². The molecule has 0 aliphatic carbocycles. The van der Waals surface area contributed by atoms with Crippen LogP contribution in [0.2, 0.25) is 5.02 Å². The summed E-state index contributed by atoms with van der Waals surface area (Å²) in [4.78, 5) is 13.6. The highest BCUT2D eigenvalue weighted by Gasteiger charge is 2.27. The van der Waals surface area contributed by atoms with Crippen LogP contribution < -0.4 is 19.1 Å². The van der Waals surface area contributed by atoms with Gasteiger partial charge in [-0.2, -0.15) is 16.1 Å². The van der Waals surface area contributed by atoms with Crippen LogP contribution in [-0.4, -0.2) is 65.9 Å². The summed E-state index contributed by atoms with van der Waals surface area (Å²) in [6.07, 6.45) is 0. The van der Waals surface area contributed by atoms with Gasteiger partial charge in [0.05, 0.1) is 36.1 Å². The molecule has 14 heteroatoms. The number of sulfonamides is 1. The molecule has 1 aliphatic rings. The molecule has 1 saturated heterocycles. The summed E-state index contributed by atoms with van der Waals surface area (Å²) in [5.74, 6) is 1.26. The van der Waals surface area contributed by atoms with E-state index < -0.39 is 26.8 Å². The van der Waals surface area contributed by atoms with Gasteiger partial charge < -0.3 is 14.8 Å². The van der Waals surface area contributed by atoms with Gasteiger partial charge in [0, 0.05) is 41.4 Å². The quantitative estimate of drug-likeness (QED) is 0.348. The Bertz CT molecular complexity index is 1520. The van der Waals surface area contributed by atoms with Gasteiger partial charge in [0.2, 0.25) is 20.9 Å². The largest absolute Gasteiger partial charge is 0.493 e. The second kappa shape index (κ2) is 12.5. The molecule has 0 spiro atoms. The van der Waals surface area contributed by atoms with Gasteiger partial charge in [-0.05, 0) is 54.6 Å². The van der Waals surface area contributed by atoms with E-state index in [4.69, 9.17) is 21.1 Å². The number of halogens is 1. The minimum Gasteiger partial charge on any atom is -0.493 e. The fraction of sp³-hybridized carbons (Fsp3) is 0.240. The molecule has 0 aromatic heterocycles. The molecule has 0 unspecified atom stereocenters. The number of carbonyl (C=O) groups is 1. The Hall–Kier alpha value is -2.97. The van der Waals surface area contributed by atoms with Crippen molar-refractivity contribution < 1.29 is 31.1 Å². The van der Waals surface area contributed by atoms with Crippen molar-refractivity contribution in [3.8, 4) is 11.5 Å². The maximum absolute atomic E-state index is 13.5. The Kier molecular flexibility index (Phi) is 9.28. The zero-order chi connectivity index (χ0) is 28.2. The second-order valence-corrected chi connectivity index (χ2v) is 12.7. The van der Waals surface area contributed by atoms with Crippen LogP contribution in [0.5, 0.6) is 11.5 Å². The maximum atomic E-state index is 13.5. The molecule has 0 saturated carbocycles. The van der Waals surface area contributed by atoms with Crippen molar-refractivity contribution in [3.63, 3.8) is 0 Å². The molecule has 1 fully saturated rings. The monoisotopic (exact) mass is 611 g/mol. The standard InChI is InChI=1S/C25H26ClN3O7S3/c1-35-23-15-21(22(16-24(23)36-2)29(38(31)32)19-7-3-17(26)4-8-19)25(30)27-18-5-9-20(10-6-18)39(33,34)28-11-13-37-14-12-28/h3-10,15-16,38H,11-14H2,1-2H3,(H,27,30). The fourth-order valence-electron chi connectivity index (χ4n) is 3.97. The summed E-state index contributed by atoms with van der Waals surface area (Å²) in [6, 6.07) is 14.6. The van der Waals surface area contributed by atoms with Crippen molar-refractivity contribution in [2.24, 2.45) is 0 Å². The third kappa shape index (κ3) is 6.44. The van der Waals surface area contributed by atoms with Crippen LogP contribution in [0, 0.1) is 0 Å². The number of benzene rings is 3. The summed E-state index contributed by atoms with van der Waals surface area (Å²) >= 11 is 7.68. The van der Waals surface area contributed by atoms with Crippen molar-refractivity contribution in [2.45, 2.75) is 4.90 Å². The average Bonchev–Trinajstić information content (AvgIpc) is 2.94. The SMILES string of the molecule is COc1cc(C(=O)Nc2ccc(S(=O)(=O)N3CCSCC3)cc2)c(N(c2ccc(Cl)cc2)[SH](=O)=O)cc1OC. The number of thiol groups is 1. The van der Waals surface area contributed by atoms with Crippen molar-refractivity contribution in [3.05, 3.63) is 71.2 Å². The first-order valence-corrected chi connectivity index (χ1v) is 15.7. The first-order chi connectivity index (χ1) is 18.6. The molecule has 3 aromatic carbocycles. The summed E-state index contributed by atoms with van der Waals surface area (Å²) in [7, 11) is -4.10. The molecule has 1 N–H and O–H groups in total. The highest BCUT2D eigenvalue weighted by Crippen LogP contribution is 2.39.